The molecule has 2 saturated heterocycles. The van der Waals surface area contributed by atoms with Crippen LogP contribution in [0.25, 0.3) is 0 Å². The molecule has 2 aliphatic heterocycles. The molecule has 7 nitrogen and oxygen atoms in total. The second-order valence-corrected chi connectivity index (χ2v) is 17.0. The van der Waals surface area contributed by atoms with E-state index in [4.69, 9.17) is 18.9 Å². The largest absolute Gasteiger partial charge is 0.508 e. The Labute approximate surface area is 303 Å². The Balaban J connectivity index is 0.931. The maximum Gasteiger partial charge on any atom is 0.508 e. The number of likely N-dealkylation sites (tertiary alicyclic amines) is 1. The maximum atomic E-state index is 13.6. The average molecular weight is 694 g/mol. The van der Waals surface area contributed by atoms with Crippen LogP contribution in [0.1, 0.15) is 96.6 Å². The molecule has 0 N–H and O–H groups in total. The van der Waals surface area contributed by atoms with Crippen LogP contribution in [0.15, 0.2) is 83.5 Å². The van der Waals surface area contributed by atoms with Crippen LogP contribution < -0.4 is 0 Å². The number of amides is 1. The lowest BCUT2D eigenvalue weighted by molar-refractivity contribution is -0.0784. The molecule has 4 fully saturated rings. The fourth-order valence-corrected chi connectivity index (χ4v) is 11.4. The highest BCUT2D eigenvalue weighted by Crippen LogP contribution is 2.64. The van der Waals surface area contributed by atoms with Gasteiger partial charge in [0.15, 0.2) is 0 Å². The SMILES string of the molecule is CC1=C2C[C@H]3[C@@H](CC=C4C[C@@H](OC(=O)OCc5ccccc5)CC[C@@]43C)[C@@H]2CC[C@@]2(C1)O[C@@H]1C[C@H](C)CN(C(=O)OCc3ccccc3)[C@H]1[C@H]2C. The molecular weight excluding hydrogens is 638 g/mol. The Morgan fingerprint density at radius 3 is 2.35 bits per heavy atom. The monoisotopic (exact) mass is 693 g/mol. The van der Waals surface area contributed by atoms with Gasteiger partial charge in [-0.15, -0.1) is 0 Å². The first-order valence-electron chi connectivity index (χ1n) is 19.5. The molecule has 2 aromatic carbocycles. The summed E-state index contributed by atoms with van der Waals surface area (Å²) >= 11 is 0. The van der Waals surface area contributed by atoms with Crippen molar-refractivity contribution in [3.63, 3.8) is 0 Å². The molecular formula is C44H55NO6. The van der Waals surface area contributed by atoms with Crippen molar-refractivity contribution in [2.75, 3.05) is 6.54 Å². The van der Waals surface area contributed by atoms with Crippen molar-refractivity contribution in [3.05, 3.63) is 94.6 Å². The van der Waals surface area contributed by atoms with Crippen LogP contribution in [0.3, 0.4) is 0 Å². The summed E-state index contributed by atoms with van der Waals surface area (Å²) in [5.41, 5.74) is 6.53. The van der Waals surface area contributed by atoms with E-state index < -0.39 is 6.16 Å². The fraction of sp³-hybridized carbons (Fsp3) is 0.591. The van der Waals surface area contributed by atoms with E-state index in [0.717, 1.165) is 75.5 Å². The van der Waals surface area contributed by atoms with Crippen molar-refractivity contribution in [1.29, 1.82) is 0 Å². The molecule has 0 radical (unpaired) electrons. The van der Waals surface area contributed by atoms with E-state index in [0.29, 0.717) is 30.3 Å². The van der Waals surface area contributed by atoms with Gasteiger partial charge in [-0.3, -0.25) is 0 Å². The number of piperidine rings is 1. The minimum atomic E-state index is -0.565. The van der Waals surface area contributed by atoms with Crippen molar-refractivity contribution in [3.8, 4) is 0 Å². The number of fused-ring (bicyclic) bond motifs is 6. The zero-order chi connectivity index (χ0) is 35.3. The van der Waals surface area contributed by atoms with Crippen LogP contribution in [0.5, 0.6) is 0 Å². The number of hydrogen-bond donors (Lipinski definition) is 0. The van der Waals surface area contributed by atoms with Crippen LogP contribution in [0.4, 0.5) is 9.59 Å². The normalized spacial score (nSPS) is 37.0. The Morgan fingerprint density at radius 2 is 1.63 bits per heavy atom. The van der Waals surface area contributed by atoms with E-state index >= 15 is 0 Å². The van der Waals surface area contributed by atoms with Crippen LogP contribution in [0.2, 0.25) is 0 Å². The quantitative estimate of drug-likeness (QED) is 0.229. The number of carbonyl (C=O) groups excluding carboxylic acids is 2. The van der Waals surface area contributed by atoms with E-state index in [9.17, 15) is 9.59 Å². The van der Waals surface area contributed by atoms with Crippen molar-refractivity contribution in [2.45, 2.75) is 123 Å². The maximum absolute atomic E-state index is 13.6. The summed E-state index contributed by atoms with van der Waals surface area (Å²) in [7, 11) is 0. The highest BCUT2D eigenvalue weighted by atomic mass is 16.7. The Kier molecular flexibility index (Phi) is 9.31. The van der Waals surface area contributed by atoms with Crippen LogP contribution in [-0.4, -0.2) is 47.5 Å². The minimum Gasteiger partial charge on any atom is -0.445 e. The minimum absolute atomic E-state index is 0.0417. The van der Waals surface area contributed by atoms with Gasteiger partial charge in [0, 0.05) is 18.9 Å². The van der Waals surface area contributed by atoms with Gasteiger partial charge in [0.25, 0.3) is 0 Å². The van der Waals surface area contributed by atoms with Gasteiger partial charge in [0.05, 0.1) is 17.7 Å². The molecule has 8 rings (SSSR count). The van der Waals surface area contributed by atoms with Crippen LogP contribution >= 0.6 is 0 Å². The van der Waals surface area contributed by atoms with Crippen molar-refractivity contribution < 1.29 is 28.5 Å². The second-order valence-electron chi connectivity index (χ2n) is 17.0. The molecule has 272 valence electrons. The van der Waals surface area contributed by atoms with E-state index in [1.807, 2.05) is 65.6 Å². The molecule has 1 spiro atoms. The number of nitrogens with zero attached hydrogens (tertiary/aromatic N) is 1. The lowest BCUT2D eigenvalue weighted by Gasteiger charge is -2.49. The predicted molar refractivity (Wildman–Crippen MR) is 195 cm³/mol. The molecule has 2 aromatic rings. The summed E-state index contributed by atoms with van der Waals surface area (Å²) in [4.78, 5) is 28.2. The first-order chi connectivity index (χ1) is 24.6. The van der Waals surface area contributed by atoms with Gasteiger partial charge in [0.2, 0.25) is 0 Å². The summed E-state index contributed by atoms with van der Waals surface area (Å²) in [5.74, 6) is 2.43. The molecule has 10 atom stereocenters. The van der Waals surface area contributed by atoms with Crippen molar-refractivity contribution in [1.82, 2.24) is 4.90 Å². The molecule has 0 unspecified atom stereocenters. The molecule has 4 aliphatic carbocycles. The Bertz CT molecular complexity index is 1670. The average Bonchev–Trinajstić information content (AvgIpc) is 3.60. The molecule has 6 aliphatic rings. The number of rotatable bonds is 5. The third-order valence-corrected chi connectivity index (χ3v) is 14.0. The summed E-state index contributed by atoms with van der Waals surface area (Å²) in [5, 5.41) is 0. The third-order valence-electron chi connectivity index (χ3n) is 14.0. The van der Waals surface area contributed by atoms with Gasteiger partial charge < -0.3 is 23.8 Å². The second kappa shape index (κ2) is 13.8. The van der Waals surface area contributed by atoms with Gasteiger partial charge in [-0.05, 0) is 98.5 Å². The lowest BCUT2D eigenvalue weighted by Crippen LogP contribution is -2.54. The number of ether oxygens (including phenoxy) is 4. The molecule has 51 heavy (non-hydrogen) atoms. The molecule has 1 amide bonds. The van der Waals surface area contributed by atoms with E-state index in [2.05, 4.69) is 33.8 Å². The Hall–Kier alpha value is -3.58. The number of benzene rings is 2. The van der Waals surface area contributed by atoms with Crippen LogP contribution in [-0.2, 0) is 32.2 Å². The number of carbonyl (C=O) groups is 2. The summed E-state index contributed by atoms with van der Waals surface area (Å²) in [6.45, 7) is 10.7. The Morgan fingerprint density at radius 1 is 0.922 bits per heavy atom. The molecule has 2 heterocycles. The van der Waals surface area contributed by atoms with Gasteiger partial charge in [-0.1, -0.05) is 104 Å². The van der Waals surface area contributed by atoms with Gasteiger partial charge >= 0.3 is 12.2 Å². The van der Waals surface area contributed by atoms with Gasteiger partial charge in [-0.2, -0.15) is 0 Å². The molecule has 2 saturated carbocycles. The van der Waals surface area contributed by atoms with Gasteiger partial charge in [0.1, 0.15) is 19.3 Å². The zero-order valence-corrected chi connectivity index (χ0v) is 30.9. The highest BCUT2D eigenvalue weighted by Gasteiger charge is 2.60. The summed E-state index contributed by atoms with van der Waals surface area (Å²) < 4.78 is 24.4. The van der Waals surface area contributed by atoms with E-state index in [-0.39, 0.29) is 47.9 Å². The van der Waals surface area contributed by atoms with Gasteiger partial charge in [-0.25, -0.2) is 9.59 Å². The topological polar surface area (TPSA) is 74.3 Å². The molecule has 0 bridgehead atoms. The molecule has 0 aromatic heterocycles. The van der Waals surface area contributed by atoms with Crippen LogP contribution in [0, 0.1) is 35.0 Å². The molecule has 7 heteroatoms. The first-order valence-corrected chi connectivity index (χ1v) is 19.5. The third kappa shape index (κ3) is 6.42. The van der Waals surface area contributed by atoms with E-state index in [1.165, 1.54) is 11.1 Å². The number of hydrogen-bond acceptors (Lipinski definition) is 6. The first kappa shape index (κ1) is 34.5. The number of allylic oxidation sites excluding steroid dienone is 2. The summed E-state index contributed by atoms with van der Waals surface area (Å²) in [6, 6.07) is 19.8. The lowest BCUT2D eigenvalue weighted by atomic mass is 9.56. The standard InChI is InChI=1S/C44H55NO6/c1-28-21-39-40(45(25-28)41(46)48-26-31-11-7-5-8-12-31)30(3)44(51-39)20-18-35-36-16-15-33-22-34(50-42(47)49-27-32-13-9-6-10-14-32)17-19-43(33,4)38(36)23-37(35)29(2)24-44/h5-15,28,30,34-36,38-40H,16-27H2,1-4H3/t28-,30+,34-,35-,36-,38-,39+,40-,43-,44-/m0/s1. The summed E-state index contributed by atoms with van der Waals surface area (Å²) in [6.07, 6.45) is 10.7. The van der Waals surface area contributed by atoms with Crippen molar-refractivity contribution in [2.24, 2.45) is 35.0 Å². The smallest absolute Gasteiger partial charge is 0.445 e. The predicted octanol–water partition coefficient (Wildman–Crippen LogP) is 9.80. The highest BCUT2D eigenvalue weighted by molar-refractivity contribution is 5.68. The zero-order valence-electron chi connectivity index (χ0n) is 30.9. The van der Waals surface area contributed by atoms with E-state index in [1.54, 1.807) is 5.57 Å². The van der Waals surface area contributed by atoms with Crippen molar-refractivity contribution >= 4 is 12.2 Å². The fourth-order valence-electron chi connectivity index (χ4n) is 11.4.